The number of amides is 1. The third-order valence-corrected chi connectivity index (χ3v) is 4.07. The van der Waals surface area contributed by atoms with Crippen molar-refractivity contribution in [1.82, 2.24) is 9.88 Å². The molecule has 0 unspecified atom stereocenters. The van der Waals surface area contributed by atoms with Gasteiger partial charge in [-0.05, 0) is 26.0 Å². The van der Waals surface area contributed by atoms with Crippen LogP contribution < -0.4 is 0 Å². The Morgan fingerprint density at radius 1 is 1.58 bits per heavy atom. The number of carbonyl (C=O) groups is 1. The number of rotatable bonds is 2. The van der Waals surface area contributed by atoms with Crippen LogP contribution in [0.5, 0.6) is 0 Å². The topological polar surface area (TPSA) is 66.6 Å². The lowest BCUT2D eigenvalue weighted by Gasteiger charge is -2.43. The summed E-state index contributed by atoms with van der Waals surface area (Å²) in [5.74, 6) is 0.542. The van der Waals surface area contributed by atoms with Crippen LogP contribution in [0.3, 0.4) is 0 Å². The maximum absolute atomic E-state index is 12.2. The molecule has 1 saturated heterocycles. The molecule has 19 heavy (non-hydrogen) atoms. The van der Waals surface area contributed by atoms with Gasteiger partial charge in [-0.1, -0.05) is 0 Å². The number of nitrogens with zero attached hydrogens (tertiary/aromatic N) is 2. The molecule has 3 rings (SSSR count). The zero-order valence-corrected chi connectivity index (χ0v) is 11.5. The lowest BCUT2D eigenvalue weighted by Crippen LogP contribution is -2.61. The van der Waals surface area contributed by atoms with Crippen molar-refractivity contribution in [3.8, 4) is 10.8 Å². The highest BCUT2D eigenvalue weighted by Crippen LogP contribution is 2.30. The molecule has 3 heterocycles. The number of hydrogen-bond acceptors (Lipinski definition) is 5. The minimum Gasteiger partial charge on any atom is -0.462 e. The van der Waals surface area contributed by atoms with Gasteiger partial charge in [0.05, 0.1) is 25.0 Å². The van der Waals surface area contributed by atoms with Crippen molar-refractivity contribution in [2.24, 2.45) is 0 Å². The molecule has 0 aromatic carbocycles. The van der Waals surface area contributed by atoms with Gasteiger partial charge in [-0.3, -0.25) is 4.79 Å². The Bertz CT molecular complexity index is 608. The van der Waals surface area contributed by atoms with Crippen LogP contribution in [0, 0.1) is 6.92 Å². The van der Waals surface area contributed by atoms with E-state index in [0.29, 0.717) is 29.6 Å². The van der Waals surface area contributed by atoms with Crippen LogP contribution in [0.2, 0.25) is 0 Å². The molecule has 1 N–H and O–H groups in total. The van der Waals surface area contributed by atoms with E-state index in [1.165, 1.54) is 11.3 Å². The van der Waals surface area contributed by atoms with Gasteiger partial charge in [0.25, 0.3) is 5.91 Å². The van der Waals surface area contributed by atoms with E-state index in [1.54, 1.807) is 24.2 Å². The predicted molar refractivity (Wildman–Crippen MR) is 71.1 cm³/mol. The number of thiazole rings is 1. The Morgan fingerprint density at radius 2 is 2.32 bits per heavy atom. The van der Waals surface area contributed by atoms with Gasteiger partial charge >= 0.3 is 0 Å². The first-order chi connectivity index (χ1) is 8.96. The van der Waals surface area contributed by atoms with Crippen LogP contribution >= 0.6 is 11.3 Å². The minimum absolute atomic E-state index is 0.127. The van der Waals surface area contributed by atoms with E-state index in [-0.39, 0.29) is 5.91 Å². The fourth-order valence-electron chi connectivity index (χ4n) is 2.17. The summed E-state index contributed by atoms with van der Waals surface area (Å²) < 4.78 is 5.28. The summed E-state index contributed by atoms with van der Waals surface area (Å²) in [5, 5.41) is 10.4. The summed E-state index contributed by atoms with van der Waals surface area (Å²) in [4.78, 5) is 19.1. The lowest BCUT2D eigenvalue weighted by atomic mass is 9.96. The van der Waals surface area contributed by atoms with Crippen LogP contribution in [0.4, 0.5) is 0 Å². The fourth-order valence-corrected chi connectivity index (χ4v) is 3.04. The normalized spacial score (nSPS) is 17.3. The van der Waals surface area contributed by atoms with Crippen molar-refractivity contribution < 1.29 is 14.3 Å². The lowest BCUT2D eigenvalue weighted by molar-refractivity contribution is -0.0670. The van der Waals surface area contributed by atoms with E-state index in [4.69, 9.17) is 4.42 Å². The summed E-state index contributed by atoms with van der Waals surface area (Å²) in [5.41, 5.74) is -0.310. The molecule has 2 aromatic rings. The molecule has 2 aromatic heterocycles. The highest BCUT2D eigenvalue weighted by atomic mass is 32.1. The Hall–Kier alpha value is -1.66. The number of carbonyl (C=O) groups excluding carboxylic acids is 1. The Balaban J connectivity index is 1.84. The van der Waals surface area contributed by atoms with Gasteiger partial charge in [0.15, 0.2) is 10.8 Å². The zero-order valence-electron chi connectivity index (χ0n) is 10.7. The van der Waals surface area contributed by atoms with Crippen molar-refractivity contribution in [2.45, 2.75) is 19.4 Å². The van der Waals surface area contributed by atoms with E-state index in [0.717, 1.165) is 4.88 Å². The van der Waals surface area contributed by atoms with Gasteiger partial charge in [0.2, 0.25) is 0 Å². The number of likely N-dealkylation sites (tertiary alicyclic amines) is 1. The number of hydrogen-bond donors (Lipinski definition) is 1. The Morgan fingerprint density at radius 3 is 2.89 bits per heavy atom. The number of aryl methyl sites for hydroxylation is 1. The van der Waals surface area contributed by atoms with E-state index >= 15 is 0 Å². The van der Waals surface area contributed by atoms with Crippen LogP contribution in [0.1, 0.15) is 22.3 Å². The van der Waals surface area contributed by atoms with Gasteiger partial charge in [-0.15, -0.1) is 11.3 Å². The summed E-state index contributed by atoms with van der Waals surface area (Å²) in [6, 6.07) is 3.61. The number of furan rings is 1. The van der Waals surface area contributed by atoms with Gasteiger partial charge in [-0.2, -0.15) is 0 Å². The van der Waals surface area contributed by atoms with Crippen molar-refractivity contribution in [3.05, 3.63) is 29.0 Å². The largest absolute Gasteiger partial charge is 0.462 e. The molecular formula is C13H14N2O3S. The predicted octanol–water partition coefficient (Wildman–Crippen LogP) is 1.92. The average Bonchev–Trinajstić information content (AvgIpc) is 2.93. The second kappa shape index (κ2) is 4.18. The van der Waals surface area contributed by atoms with Crippen molar-refractivity contribution >= 4 is 17.2 Å². The average molecular weight is 278 g/mol. The summed E-state index contributed by atoms with van der Waals surface area (Å²) >= 11 is 1.44. The van der Waals surface area contributed by atoms with Crippen LogP contribution in [-0.4, -0.2) is 39.6 Å². The van der Waals surface area contributed by atoms with Crippen LogP contribution in [0.15, 0.2) is 22.8 Å². The second-order valence-electron chi connectivity index (χ2n) is 5.06. The van der Waals surface area contributed by atoms with Crippen molar-refractivity contribution in [1.29, 1.82) is 0 Å². The molecule has 0 radical (unpaired) electrons. The first kappa shape index (κ1) is 12.4. The van der Waals surface area contributed by atoms with Gasteiger partial charge in [0.1, 0.15) is 5.69 Å². The maximum Gasteiger partial charge on any atom is 0.273 e. The number of aliphatic hydroxyl groups is 1. The summed E-state index contributed by atoms with van der Waals surface area (Å²) in [7, 11) is 0. The molecule has 1 amide bonds. The Kier molecular flexibility index (Phi) is 2.72. The van der Waals surface area contributed by atoms with Crippen LogP contribution in [-0.2, 0) is 0 Å². The molecule has 0 spiro atoms. The first-order valence-electron chi connectivity index (χ1n) is 5.99. The maximum atomic E-state index is 12.2. The van der Waals surface area contributed by atoms with Gasteiger partial charge in [0, 0.05) is 4.88 Å². The minimum atomic E-state index is -0.760. The SMILES string of the molecule is Cc1sc(-c2ccco2)nc1C(=O)N1CC(C)(O)C1. The molecule has 1 fully saturated rings. The first-order valence-corrected chi connectivity index (χ1v) is 6.81. The number of β-amino-alcohol motifs (C(OH)–C–C–N with tert-alkyl or cyclic N) is 1. The summed E-state index contributed by atoms with van der Waals surface area (Å²) in [6.07, 6.45) is 1.58. The third-order valence-electron chi connectivity index (χ3n) is 3.08. The fraction of sp³-hybridized carbons (Fsp3) is 0.385. The van der Waals surface area contributed by atoms with Crippen LogP contribution in [0.25, 0.3) is 10.8 Å². The van der Waals surface area contributed by atoms with E-state index in [9.17, 15) is 9.90 Å². The monoisotopic (exact) mass is 278 g/mol. The molecule has 0 bridgehead atoms. The second-order valence-corrected chi connectivity index (χ2v) is 6.26. The molecule has 1 aliphatic heterocycles. The standard InChI is InChI=1S/C13H14N2O3S/c1-8-10(12(16)15-6-13(2,17)7-15)14-11(19-8)9-4-3-5-18-9/h3-5,17H,6-7H2,1-2H3. The molecule has 6 heteroatoms. The molecule has 5 nitrogen and oxygen atoms in total. The van der Waals surface area contributed by atoms with Crippen molar-refractivity contribution in [3.63, 3.8) is 0 Å². The van der Waals surface area contributed by atoms with Gasteiger partial charge < -0.3 is 14.4 Å². The highest BCUT2D eigenvalue weighted by molar-refractivity contribution is 7.15. The molecule has 1 aliphatic rings. The van der Waals surface area contributed by atoms with Gasteiger partial charge in [-0.25, -0.2) is 4.98 Å². The highest BCUT2D eigenvalue weighted by Gasteiger charge is 2.40. The van der Waals surface area contributed by atoms with E-state index < -0.39 is 5.60 Å². The summed E-state index contributed by atoms with van der Waals surface area (Å²) in [6.45, 7) is 4.31. The van der Waals surface area contributed by atoms with E-state index in [2.05, 4.69) is 4.98 Å². The molecule has 0 aliphatic carbocycles. The smallest absolute Gasteiger partial charge is 0.273 e. The zero-order chi connectivity index (χ0) is 13.6. The third kappa shape index (κ3) is 2.17. The van der Waals surface area contributed by atoms with Crippen molar-refractivity contribution in [2.75, 3.05) is 13.1 Å². The molecule has 0 atom stereocenters. The molecule has 100 valence electrons. The quantitative estimate of drug-likeness (QED) is 0.911. The van der Waals surface area contributed by atoms with E-state index in [1.807, 2.05) is 13.0 Å². The molecular weight excluding hydrogens is 264 g/mol. The number of aromatic nitrogens is 1. The molecule has 0 saturated carbocycles. The Labute approximate surface area is 114 Å².